The molecule has 2 rings (SSSR count). The lowest BCUT2D eigenvalue weighted by molar-refractivity contribution is -0.176. The summed E-state index contributed by atoms with van der Waals surface area (Å²) < 4.78 is 51.2. The molecule has 1 N–H and O–H groups in total. The summed E-state index contributed by atoms with van der Waals surface area (Å²) in [6.45, 7) is -1.04. The van der Waals surface area contributed by atoms with Gasteiger partial charge in [-0.05, 0) is 35.2 Å². The van der Waals surface area contributed by atoms with Gasteiger partial charge in [-0.1, -0.05) is 30.3 Å². The van der Waals surface area contributed by atoms with Crippen LogP contribution in [0.3, 0.4) is 0 Å². The number of ether oxygens (including phenoxy) is 3. The van der Waals surface area contributed by atoms with Crippen molar-refractivity contribution in [1.82, 2.24) is 5.32 Å². The Hall–Kier alpha value is -2.74. The Morgan fingerprint density at radius 2 is 1.55 bits per heavy atom. The molecule has 2 aromatic rings. The monoisotopic (exact) mass is 411 g/mol. The zero-order chi connectivity index (χ0) is 21.3. The van der Waals surface area contributed by atoms with Crippen LogP contribution < -0.4 is 14.8 Å². The molecule has 0 aliphatic heterocycles. The number of amides is 1. The van der Waals surface area contributed by atoms with Crippen LogP contribution in [0.2, 0.25) is 0 Å². The number of benzene rings is 2. The van der Waals surface area contributed by atoms with Crippen molar-refractivity contribution in [2.75, 3.05) is 20.8 Å². The van der Waals surface area contributed by atoms with E-state index >= 15 is 0 Å². The fourth-order valence-corrected chi connectivity index (χ4v) is 2.62. The number of halogens is 3. The van der Waals surface area contributed by atoms with Crippen molar-refractivity contribution in [3.63, 3.8) is 0 Å². The van der Waals surface area contributed by atoms with Gasteiger partial charge in [0.2, 0.25) is 5.91 Å². The first-order valence-electron chi connectivity index (χ1n) is 9.00. The summed E-state index contributed by atoms with van der Waals surface area (Å²) in [5, 5.41) is 2.83. The van der Waals surface area contributed by atoms with Crippen molar-refractivity contribution in [1.29, 1.82) is 0 Å². The van der Waals surface area contributed by atoms with Gasteiger partial charge in [0.05, 0.1) is 20.8 Å². The average molecular weight is 411 g/mol. The molecule has 29 heavy (non-hydrogen) atoms. The maximum Gasteiger partial charge on any atom is 0.411 e. The molecule has 0 fully saturated rings. The number of carbonyl (C=O) groups excluding carboxylic acids is 1. The molecule has 5 nitrogen and oxygen atoms in total. The van der Waals surface area contributed by atoms with E-state index < -0.39 is 12.8 Å². The Balaban J connectivity index is 1.75. The zero-order valence-electron chi connectivity index (χ0n) is 16.3. The molecule has 0 aliphatic carbocycles. The Morgan fingerprint density at radius 1 is 0.931 bits per heavy atom. The third-order valence-electron chi connectivity index (χ3n) is 4.14. The number of aryl methyl sites for hydroxylation is 1. The fourth-order valence-electron chi connectivity index (χ4n) is 2.62. The van der Waals surface area contributed by atoms with Crippen molar-refractivity contribution in [2.45, 2.75) is 32.2 Å². The van der Waals surface area contributed by atoms with E-state index in [0.29, 0.717) is 36.4 Å². The Kier molecular flexibility index (Phi) is 8.33. The second-order valence-electron chi connectivity index (χ2n) is 6.39. The number of methoxy groups -OCH3 is 2. The van der Waals surface area contributed by atoms with Crippen LogP contribution in [0.25, 0.3) is 0 Å². The Bertz CT molecular complexity index is 792. The summed E-state index contributed by atoms with van der Waals surface area (Å²) in [7, 11) is 3.12. The van der Waals surface area contributed by atoms with Gasteiger partial charge >= 0.3 is 6.18 Å². The van der Waals surface area contributed by atoms with E-state index in [1.807, 2.05) is 12.1 Å². The largest absolute Gasteiger partial charge is 0.493 e. The van der Waals surface area contributed by atoms with Crippen LogP contribution in [0.15, 0.2) is 42.5 Å². The summed E-state index contributed by atoms with van der Waals surface area (Å²) in [5.74, 6) is 1.15. The number of nitrogens with one attached hydrogen (secondary N) is 1. The predicted molar refractivity (Wildman–Crippen MR) is 102 cm³/mol. The number of rotatable bonds is 10. The number of hydrogen-bond donors (Lipinski definition) is 1. The number of hydrogen-bond acceptors (Lipinski definition) is 4. The maximum atomic E-state index is 12.1. The summed E-state index contributed by atoms with van der Waals surface area (Å²) >= 11 is 0. The molecule has 0 bridgehead atoms. The van der Waals surface area contributed by atoms with E-state index in [4.69, 9.17) is 9.47 Å². The third-order valence-corrected chi connectivity index (χ3v) is 4.14. The van der Waals surface area contributed by atoms with E-state index in [2.05, 4.69) is 10.1 Å². The Labute approximate surface area is 167 Å². The van der Waals surface area contributed by atoms with Crippen LogP contribution in [0.4, 0.5) is 13.2 Å². The third kappa shape index (κ3) is 8.03. The SMILES string of the molecule is COc1ccc(CCC(=O)NCc2ccc(COCC(F)(F)F)cc2)cc1OC. The molecule has 2 aromatic carbocycles. The van der Waals surface area contributed by atoms with E-state index in [-0.39, 0.29) is 12.5 Å². The van der Waals surface area contributed by atoms with E-state index in [1.165, 1.54) is 0 Å². The van der Waals surface area contributed by atoms with Gasteiger partial charge in [0, 0.05) is 13.0 Å². The summed E-state index contributed by atoms with van der Waals surface area (Å²) in [6.07, 6.45) is -3.46. The number of alkyl halides is 3. The molecule has 1 amide bonds. The van der Waals surface area contributed by atoms with Crippen LogP contribution in [0.1, 0.15) is 23.1 Å². The molecule has 158 valence electrons. The zero-order valence-corrected chi connectivity index (χ0v) is 16.3. The topological polar surface area (TPSA) is 56.8 Å². The quantitative estimate of drug-likeness (QED) is 0.641. The molecule has 0 spiro atoms. The summed E-state index contributed by atoms with van der Waals surface area (Å²) in [4.78, 5) is 12.1. The highest BCUT2D eigenvalue weighted by Crippen LogP contribution is 2.27. The minimum atomic E-state index is -4.33. The average Bonchev–Trinajstić information content (AvgIpc) is 2.70. The molecule has 0 heterocycles. The van der Waals surface area contributed by atoms with Gasteiger partial charge in [-0.25, -0.2) is 0 Å². The minimum Gasteiger partial charge on any atom is -0.493 e. The lowest BCUT2D eigenvalue weighted by Crippen LogP contribution is -2.23. The van der Waals surface area contributed by atoms with Gasteiger partial charge in [0.15, 0.2) is 11.5 Å². The molecule has 8 heteroatoms. The van der Waals surface area contributed by atoms with Crippen molar-refractivity contribution in [3.8, 4) is 11.5 Å². The molecule has 0 aromatic heterocycles. The highest BCUT2D eigenvalue weighted by molar-refractivity contribution is 5.76. The number of carbonyl (C=O) groups is 1. The molecule has 0 atom stereocenters. The van der Waals surface area contributed by atoms with Crippen LogP contribution in [-0.2, 0) is 29.1 Å². The molecular formula is C21H24F3NO4. The second kappa shape index (κ2) is 10.7. The van der Waals surface area contributed by atoms with Gasteiger partial charge in [-0.3, -0.25) is 4.79 Å². The molecule has 0 saturated heterocycles. The highest BCUT2D eigenvalue weighted by Gasteiger charge is 2.27. The molecule has 0 radical (unpaired) electrons. The van der Waals surface area contributed by atoms with Crippen LogP contribution in [-0.4, -0.2) is 32.9 Å². The minimum absolute atomic E-state index is 0.0997. The lowest BCUT2D eigenvalue weighted by Gasteiger charge is -2.10. The first-order chi connectivity index (χ1) is 13.8. The first kappa shape index (κ1) is 22.5. The molecule has 0 unspecified atom stereocenters. The van der Waals surface area contributed by atoms with Crippen molar-refractivity contribution < 1.29 is 32.2 Å². The van der Waals surface area contributed by atoms with Crippen LogP contribution >= 0.6 is 0 Å². The van der Waals surface area contributed by atoms with Crippen molar-refractivity contribution >= 4 is 5.91 Å². The van der Waals surface area contributed by atoms with Crippen molar-refractivity contribution in [2.24, 2.45) is 0 Å². The molecular weight excluding hydrogens is 387 g/mol. The standard InChI is InChI=1S/C21H24F3NO4/c1-27-18-9-7-15(11-19(18)28-2)8-10-20(26)25-12-16-3-5-17(6-4-16)13-29-14-21(22,23)24/h3-7,9,11H,8,10,12-14H2,1-2H3,(H,25,26). The normalized spacial score (nSPS) is 11.2. The van der Waals surface area contributed by atoms with E-state index in [9.17, 15) is 18.0 Å². The van der Waals surface area contributed by atoms with Crippen LogP contribution in [0, 0.1) is 0 Å². The van der Waals surface area contributed by atoms with Gasteiger partial charge < -0.3 is 19.5 Å². The van der Waals surface area contributed by atoms with Crippen LogP contribution in [0.5, 0.6) is 11.5 Å². The van der Waals surface area contributed by atoms with E-state index in [1.54, 1.807) is 44.6 Å². The highest BCUT2D eigenvalue weighted by atomic mass is 19.4. The maximum absolute atomic E-state index is 12.1. The predicted octanol–water partition coefficient (Wildman–Crippen LogP) is 4.03. The van der Waals surface area contributed by atoms with E-state index in [0.717, 1.165) is 11.1 Å². The van der Waals surface area contributed by atoms with Gasteiger partial charge in [-0.15, -0.1) is 0 Å². The smallest absolute Gasteiger partial charge is 0.411 e. The molecule has 0 aliphatic rings. The molecule has 0 saturated carbocycles. The van der Waals surface area contributed by atoms with Gasteiger partial charge in [0.25, 0.3) is 0 Å². The summed E-state index contributed by atoms with van der Waals surface area (Å²) in [5.41, 5.74) is 2.45. The Morgan fingerprint density at radius 3 is 2.17 bits per heavy atom. The second-order valence-corrected chi connectivity index (χ2v) is 6.39. The van der Waals surface area contributed by atoms with Gasteiger partial charge in [-0.2, -0.15) is 13.2 Å². The van der Waals surface area contributed by atoms with Crippen molar-refractivity contribution in [3.05, 3.63) is 59.2 Å². The summed E-state index contributed by atoms with van der Waals surface area (Å²) in [6, 6.07) is 12.4. The first-order valence-corrected chi connectivity index (χ1v) is 9.00. The fraction of sp³-hybridized carbons (Fsp3) is 0.381. The van der Waals surface area contributed by atoms with Gasteiger partial charge in [0.1, 0.15) is 6.61 Å². The lowest BCUT2D eigenvalue weighted by atomic mass is 10.1.